The van der Waals surface area contributed by atoms with Crippen molar-refractivity contribution < 1.29 is 8.42 Å². The van der Waals surface area contributed by atoms with E-state index in [1.807, 2.05) is 12.1 Å². The summed E-state index contributed by atoms with van der Waals surface area (Å²) in [4.78, 5) is 4.94. The normalized spacial score (nSPS) is 12.0. The Morgan fingerprint density at radius 2 is 1.84 bits per heavy atom. The molecule has 19 heavy (non-hydrogen) atoms. The highest BCUT2D eigenvalue weighted by Gasteiger charge is 2.08. The smallest absolute Gasteiger partial charge is 0.175 e. The number of hydrogen-bond donors (Lipinski definition) is 0. The molecule has 0 spiro atoms. The van der Waals surface area contributed by atoms with Crippen molar-refractivity contribution in [3.05, 3.63) is 45.9 Å². The number of aromatic nitrogens is 1. The van der Waals surface area contributed by atoms with E-state index >= 15 is 0 Å². The molecular weight excluding hydrogens is 278 g/mol. The van der Waals surface area contributed by atoms with E-state index in [4.69, 9.17) is 0 Å². The van der Waals surface area contributed by atoms with E-state index in [2.05, 4.69) is 24.2 Å². The van der Waals surface area contributed by atoms with Crippen molar-refractivity contribution >= 4 is 21.2 Å². The molecule has 0 N–H and O–H groups in total. The van der Waals surface area contributed by atoms with Gasteiger partial charge in [0.25, 0.3) is 0 Å². The van der Waals surface area contributed by atoms with Gasteiger partial charge in [-0.25, -0.2) is 13.4 Å². The Hall–Kier alpha value is -1.20. The second kappa shape index (κ2) is 5.43. The van der Waals surface area contributed by atoms with Crippen LogP contribution in [-0.2, 0) is 16.3 Å². The summed E-state index contributed by atoms with van der Waals surface area (Å²) in [6, 6.07) is 7.01. The molecule has 1 aromatic carbocycles. The molecule has 0 saturated heterocycles. The summed E-state index contributed by atoms with van der Waals surface area (Å²) >= 11 is 1.68. The number of thiazole rings is 1. The van der Waals surface area contributed by atoms with E-state index < -0.39 is 9.84 Å². The lowest BCUT2D eigenvalue weighted by molar-refractivity contribution is 0.602. The molecule has 0 aliphatic heterocycles. The Morgan fingerprint density at radius 1 is 1.21 bits per heavy atom. The molecule has 3 nitrogen and oxygen atoms in total. The van der Waals surface area contributed by atoms with Gasteiger partial charge in [-0.1, -0.05) is 26.0 Å². The van der Waals surface area contributed by atoms with Crippen LogP contribution in [0.4, 0.5) is 0 Å². The molecule has 5 heteroatoms. The van der Waals surface area contributed by atoms with E-state index in [0.29, 0.717) is 10.8 Å². The second-order valence-corrected chi connectivity index (χ2v) is 7.83. The van der Waals surface area contributed by atoms with Crippen LogP contribution in [0, 0.1) is 0 Å². The van der Waals surface area contributed by atoms with Crippen LogP contribution in [0.2, 0.25) is 0 Å². The quantitative estimate of drug-likeness (QED) is 0.870. The van der Waals surface area contributed by atoms with Crippen LogP contribution in [0.1, 0.15) is 36.0 Å². The minimum absolute atomic E-state index is 0.359. The first-order valence-electron chi connectivity index (χ1n) is 6.09. The van der Waals surface area contributed by atoms with Gasteiger partial charge in [0.1, 0.15) is 0 Å². The Labute approximate surface area is 118 Å². The molecule has 2 rings (SSSR count). The Balaban J connectivity index is 2.15. The van der Waals surface area contributed by atoms with Crippen molar-refractivity contribution in [2.45, 2.75) is 31.1 Å². The molecule has 1 heterocycles. The first kappa shape index (κ1) is 14.2. The molecule has 0 amide bonds. The standard InChI is InChI=1S/C14H17NO2S2/c1-10(2)14-15-12(9-18-14)8-11-4-6-13(7-5-11)19(3,16)17/h4-7,9-10H,8H2,1-3H3. The third-order valence-electron chi connectivity index (χ3n) is 2.80. The maximum Gasteiger partial charge on any atom is 0.175 e. The number of benzene rings is 1. The Morgan fingerprint density at radius 3 is 2.32 bits per heavy atom. The molecule has 2 aromatic rings. The third kappa shape index (κ3) is 3.64. The van der Waals surface area contributed by atoms with Crippen LogP contribution >= 0.6 is 11.3 Å². The number of sulfone groups is 1. The van der Waals surface area contributed by atoms with Gasteiger partial charge in [-0.05, 0) is 17.7 Å². The molecule has 1 aromatic heterocycles. The summed E-state index contributed by atoms with van der Waals surface area (Å²) in [5, 5.41) is 3.21. The lowest BCUT2D eigenvalue weighted by atomic mass is 10.1. The van der Waals surface area contributed by atoms with E-state index in [1.54, 1.807) is 23.5 Å². The highest BCUT2D eigenvalue weighted by atomic mass is 32.2. The van der Waals surface area contributed by atoms with Crippen molar-refractivity contribution in [2.24, 2.45) is 0 Å². The second-order valence-electron chi connectivity index (χ2n) is 4.92. The van der Waals surface area contributed by atoms with Crippen molar-refractivity contribution in [2.75, 3.05) is 6.26 Å². The lowest BCUT2D eigenvalue weighted by Gasteiger charge is -2.01. The summed E-state index contributed by atoms with van der Waals surface area (Å²) in [6.45, 7) is 4.26. The van der Waals surface area contributed by atoms with E-state index in [-0.39, 0.29) is 0 Å². The van der Waals surface area contributed by atoms with Gasteiger partial charge in [-0.3, -0.25) is 0 Å². The molecule has 0 radical (unpaired) electrons. The van der Waals surface area contributed by atoms with Crippen LogP contribution < -0.4 is 0 Å². The molecule has 102 valence electrons. The molecule has 0 unspecified atom stereocenters. The topological polar surface area (TPSA) is 47.0 Å². The largest absolute Gasteiger partial charge is 0.246 e. The molecule has 0 bridgehead atoms. The van der Waals surface area contributed by atoms with Crippen LogP contribution in [0.3, 0.4) is 0 Å². The summed E-state index contributed by atoms with van der Waals surface area (Å²) < 4.78 is 22.7. The van der Waals surface area contributed by atoms with Gasteiger partial charge in [0.05, 0.1) is 15.6 Å². The molecule has 0 fully saturated rings. The van der Waals surface area contributed by atoms with Crippen molar-refractivity contribution in [3.8, 4) is 0 Å². The molecular formula is C14H17NO2S2. The third-order valence-corrected chi connectivity index (χ3v) is 5.12. The average molecular weight is 295 g/mol. The van der Waals surface area contributed by atoms with E-state index in [1.165, 1.54) is 6.26 Å². The Bertz CT molecular complexity index is 655. The molecule has 0 aliphatic carbocycles. The number of nitrogens with zero attached hydrogens (tertiary/aromatic N) is 1. The summed E-state index contributed by atoms with van der Waals surface area (Å²) in [5.41, 5.74) is 2.12. The lowest BCUT2D eigenvalue weighted by Crippen LogP contribution is -1.97. The number of hydrogen-bond acceptors (Lipinski definition) is 4. The summed E-state index contributed by atoms with van der Waals surface area (Å²) in [7, 11) is -3.11. The average Bonchev–Trinajstić information content (AvgIpc) is 2.77. The zero-order valence-corrected chi connectivity index (χ0v) is 12.9. The van der Waals surface area contributed by atoms with Crippen molar-refractivity contribution in [3.63, 3.8) is 0 Å². The maximum atomic E-state index is 11.4. The molecule has 0 aliphatic rings. The van der Waals surface area contributed by atoms with Gasteiger partial charge < -0.3 is 0 Å². The SMILES string of the molecule is CC(C)c1nc(Cc2ccc(S(C)(=O)=O)cc2)cs1. The highest BCUT2D eigenvalue weighted by Crippen LogP contribution is 2.21. The first-order valence-corrected chi connectivity index (χ1v) is 8.86. The molecule has 0 atom stereocenters. The summed E-state index contributed by atoms with van der Waals surface area (Å²) in [5.74, 6) is 0.450. The van der Waals surface area contributed by atoms with Gasteiger partial charge >= 0.3 is 0 Å². The highest BCUT2D eigenvalue weighted by molar-refractivity contribution is 7.90. The molecule has 0 saturated carbocycles. The van der Waals surface area contributed by atoms with Crippen molar-refractivity contribution in [1.82, 2.24) is 4.98 Å². The summed E-state index contributed by atoms with van der Waals surface area (Å²) in [6.07, 6.45) is 1.96. The van der Waals surface area contributed by atoms with Crippen LogP contribution in [0.5, 0.6) is 0 Å². The maximum absolute atomic E-state index is 11.4. The predicted molar refractivity (Wildman–Crippen MR) is 78.6 cm³/mol. The minimum atomic E-state index is -3.11. The predicted octanol–water partition coefficient (Wildman–Crippen LogP) is 3.26. The van der Waals surface area contributed by atoms with Crippen molar-refractivity contribution in [1.29, 1.82) is 0 Å². The minimum Gasteiger partial charge on any atom is -0.246 e. The van der Waals surface area contributed by atoms with Gasteiger partial charge in [-0.15, -0.1) is 11.3 Å². The fraction of sp³-hybridized carbons (Fsp3) is 0.357. The van der Waals surface area contributed by atoms with Gasteiger partial charge in [0, 0.05) is 24.0 Å². The monoisotopic (exact) mass is 295 g/mol. The first-order chi connectivity index (χ1) is 8.86. The van der Waals surface area contributed by atoms with Gasteiger partial charge in [0.2, 0.25) is 0 Å². The van der Waals surface area contributed by atoms with Gasteiger partial charge in [-0.2, -0.15) is 0 Å². The van der Waals surface area contributed by atoms with E-state index in [0.717, 1.165) is 22.7 Å². The van der Waals surface area contributed by atoms with Crippen LogP contribution in [0.15, 0.2) is 34.5 Å². The Kier molecular flexibility index (Phi) is 4.06. The van der Waals surface area contributed by atoms with Crippen LogP contribution in [0.25, 0.3) is 0 Å². The zero-order valence-electron chi connectivity index (χ0n) is 11.3. The van der Waals surface area contributed by atoms with E-state index in [9.17, 15) is 8.42 Å². The zero-order chi connectivity index (χ0) is 14.0. The number of rotatable bonds is 4. The van der Waals surface area contributed by atoms with Crippen LogP contribution in [-0.4, -0.2) is 19.7 Å². The fourth-order valence-corrected chi connectivity index (χ4v) is 3.20. The van der Waals surface area contributed by atoms with Gasteiger partial charge in [0.15, 0.2) is 9.84 Å². The fourth-order valence-electron chi connectivity index (χ4n) is 1.73.